The smallest absolute Gasteiger partial charge is 0.259 e. The van der Waals surface area contributed by atoms with Crippen LogP contribution in [0.2, 0.25) is 0 Å². The summed E-state index contributed by atoms with van der Waals surface area (Å²) < 4.78 is -1.66. The van der Waals surface area contributed by atoms with Gasteiger partial charge in [-0.1, -0.05) is 23.2 Å². The van der Waals surface area contributed by atoms with Crippen LogP contribution in [0.4, 0.5) is 0 Å². The molecule has 1 nitrogen and oxygen atoms in total. The Kier molecular flexibility index (Phi) is 3.59. The number of hydrogen-bond donors (Lipinski definition) is 0. The van der Waals surface area contributed by atoms with Crippen LogP contribution < -0.4 is 0 Å². The molecule has 0 saturated heterocycles. The zero-order valence-electron chi connectivity index (χ0n) is 4.50. The van der Waals surface area contributed by atoms with E-state index in [1.165, 1.54) is 6.92 Å². The molecule has 0 radical (unpaired) electrons. The van der Waals surface area contributed by atoms with Crippen molar-refractivity contribution < 1.29 is 4.79 Å². The van der Waals surface area contributed by atoms with Gasteiger partial charge in [0.05, 0.1) is 5.38 Å². The molecule has 5 heteroatoms. The van der Waals surface area contributed by atoms with Gasteiger partial charge in [0, 0.05) is 0 Å². The third-order valence-corrected chi connectivity index (χ3v) is 2.80. The molecule has 1 atom stereocenters. The summed E-state index contributed by atoms with van der Waals surface area (Å²) in [6.45, 7) is 1.49. The molecule has 0 aliphatic carbocycles. The van der Waals surface area contributed by atoms with E-state index in [1.54, 1.807) is 0 Å². The van der Waals surface area contributed by atoms with Gasteiger partial charge in [-0.25, -0.2) is 0 Å². The zero-order valence-corrected chi connectivity index (χ0v) is 7.52. The first kappa shape index (κ1) is 9.83. The summed E-state index contributed by atoms with van der Waals surface area (Å²) in [4.78, 5) is 10.3. The van der Waals surface area contributed by atoms with Gasteiger partial charge < -0.3 is 0 Å². The molecule has 0 aliphatic rings. The summed E-state index contributed by atoms with van der Waals surface area (Å²) in [5, 5.41) is -1.54. The minimum absolute atomic E-state index is 0.689. The Labute approximate surface area is 73.2 Å². The zero-order chi connectivity index (χ0) is 7.65. The van der Waals surface area contributed by atoms with Gasteiger partial charge >= 0.3 is 0 Å². The van der Waals surface area contributed by atoms with Crippen LogP contribution >= 0.6 is 46.4 Å². The largest absolute Gasteiger partial charge is 0.278 e. The molecular formula is C4H4Cl4O. The van der Waals surface area contributed by atoms with Gasteiger partial charge in [0.2, 0.25) is 4.33 Å². The number of rotatable bonds is 2. The van der Waals surface area contributed by atoms with Crippen molar-refractivity contribution in [2.45, 2.75) is 16.6 Å². The van der Waals surface area contributed by atoms with Crippen LogP contribution in [0.3, 0.4) is 0 Å². The molecule has 0 amide bonds. The molecule has 0 aromatic rings. The fourth-order valence-corrected chi connectivity index (χ4v) is 0.475. The number of carbonyl (C=O) groups excluding carboxylic acids is 1. The molecule has 0 aromatic heterocycles. The van der Waals surface area contributed by atoms with E-state index in [0.717, 1.165) is 0 Å². The predicted octanol–water partition coefficient (Wildman–Crippen LogP) is 2.55. The van der Waals surface area contributed by atoms with Gasteiger partial charge in [-0.05, 0) is 18.5 Å². The quantitative estimate of drug-likeness (QED) is 0.505. The van der Waals surface area contributed by atoms with Crippen LogP contribution in [-0.2, 0) is 4.79 Å². The van der Waals surface area contributed by atoms with Crippen LogP contribution in [0.5, 0.6) is 0 Å². The number of carbonyl (C=O) groups is 1. The maximum absolute atomic E-state index is 10.3. The minimum atomic E-state index is -1.66. The first-order chi connectivity index (χ1) is 3.89. The second-order valence-corrected chi connectivity index (χ2v) is 3.90. The Balaban J connectivity index is 4.19. The highest BCUT2D eigenvalue weighted by atomic mass is 35.5. The van der Waals surface area contributed by atoms with E-state index in [2.05, 4.69) is 0 Å². The molecule has 0 heterocycles. The molecule has 0 saturated carbocycles. The van der Waals surface area contributed by atoms with E-state index >= 15 is 0 Å². The Bertz CT molecular complexity index is 120. The first-order valence-corrected chi connectivity index (χ1v) is 3.68. The van der Waals surface area contributed by atoms with Gasteiger partial charge in [0.25, 0.3) is 5.24 Å². The van der Waals surface area contributed by atoms with Crippen LogP contribution in [0, 0.1) is 0 Å². The third-order valence-electron chi connectivity index (χ3n) is 0.762. The molecule has 0 bridgehead atoms. The second-order valence-electron chi connectivity index (χ2n) is 1.51. The summed E-state index contributed by atoms with van der Waals surface area (Å²) in [6.07, 6.45) is 0. The van der Waals surface area contributed by atoms with Crippen LogP contribution in [0.25, 0.3) is 0 Å². The summed E-state index contributed by atoms with van der Waals surface area (Å²) in [7, 11) is 0. The molecule has 0 rings (SSSR count). The molecular weight excluding hydrogens is 206 g/mol. The Morgan fingerprint density at radius 1 is 1.56 bits per heavy atom. The molecule has 54 valence electrons. The van der Waals surface area contributed by atoms with Crippen molar-refractivity contribution in [2.24, 2.45) is 0 Å². The minimum Gasteiger partial charge on any atom is -0.278 e. The van der Waals surface area contributed by atoms with E-state index in [4.69, 9.17) is 46.4 Å². The van der Waals surface area contributed by atoms with Gasteiger partial charge in [0.1, 0.15) is 0 Å². The lowest BCUT2D eigenvalue weighted by Gasteiger charge is -2.15. The maximum Gasteiger partial charge on any atom is 0.259 e. The van der Waals surface area contributed by atoms with Crippen molar-refractivity contribution in [2.75, 3.05) is 0 Å². The van der Waals surface area contributed by atoms with Crippen molar-refractivity contribution >= 4 is 51.6 Å². The topological polar surface area (TPSA) is 17.1 Å². The van der Waals surface area contributed by atoms with E-state index < -0.39 is 15.0 Å². The van der Waals surface area contributed by atoms with Gasteiger partial charge in [-0.2, -0.15) is 0 Å². The standard InChI is InChI=1S/C4H4Cl4O/c1-2(5)4(7,8)3(6)9/h2H,1H3. The Morgan fingerprint density at radius 3 is 1.89 bits per heavy atom. The van der Waals surface area contributed by atoms with E-state index in [0.29, 0.717) is 0 Å². The molecule has 0 aromatic carbocycles. The summed E-state index contributed by atoms with van der Waals surface area (Å²) >= 11 is 21.1. The van der Waals surface area contributed by atoms with Crippen molar-refractivity contribution in [1.82, 2.24) is 0 Å². The molecule has 0 fully saturated rings. The average Bonchev–Trinajstić information content (AvgIpc) is 1.65. The normalized spacial score (nSPS) is 15.2. The Morgan fingerprint density at radius 2 is 1.89 bits per heavy atom. The van der Waals surface area contributed by atoms with Gasteiger partial charge in [-0.15, -0.1) is 11.6 Å². The highest BCUT2D eigenvalue weighted by Crippen LogP contribution is 2.31. The average molecular weight is 210 g/mol. The van der Waals surface area contributed by atoms with Crippen molar-refractivity contribution in [3.63, 3.8) is 0 Å². The monoisotopic (exact) mass is 208 g/mol. The van der Waals surface area contributed by atoms with E-state index in [9.17, 15) is 4.79 Å². The molecule has 1 unspecified atom stereocenters. The van der Waals surface area contributed by atoms with Crippen molar-refractivity contribution in [3.8, 4) is 0 Å². The fourth-order valence-electron chi connectivity index (χ4n) is 0.156. The predicted molar refractivity (Wildman–Crippen MR) is 40.6 cm³/mol. The maximum atomic E-state index is 10.3. The molecule has 0 N–H and O–H groups in total. The van der Waals surface area contributed by atoms with E-state index in [-0.39, 0.29) is 0 Å². The van der Waals surface area contributed by atoms with Crippen molar-refractivity contribution in [3.05, 3.63) is 0 Å². The highest BCUT2D eigenvalue weighted by molar-refractivity contribution is 6.79. The lowest BCUT2D eigenvalue weighted by Crippen LogP contribution is -2.30. The summed E-state index contributed by atoms with van der Waals surface area (Å²) in [5.41, 5.74) is 0. The lowest BCUT2D eigenvalue weighted by molar-refractivity contribution is -0.112. The summed E-state index contributed by atoms with van der Waals surface area (Å²) in [5.74, 6) is 0. The first-order valence-electron chi connectivity index (χ1n) is 2.11. The van der Waals surface area contributed by atoms with Crippen LogP contribution in [0.1, 0.15) is 6.92 Å². The Hall–Kier alpha value is 0.830. The molecule has 0 aliphatic heterocycles. The van der Waals surface area contributed by atoms with Crippen molar-refractivity contribution in [1.29, 1.82) is 0 Å². The third kappa shape index (κ3) is 2.50. The SMILES string of the molecule is CC(Cl)C(Cl)(Cl)C(=O)Cl. The molecule has 9 heavy (non-hydrogen) atoms. The second kappa shape index (κ2) is 3.29. The number of halogens is 4. The summed E-state index contributed by atoms with van der Waals surface area (Å²) in [6, 6.07) is 0. The number of hydrogen-bond acceptors (Lipinski definition) is 1. The van der Waals surface area contributed by atoms with Crippen LogP contribution in [-0.4, -0.2) is 15.0 Å². The number of alkyl halides is 3. The molecule has 0 spiro atoms. The van der Waals surface area contributed by atoms with Gasteiger partial charge in [0.15, 0.2) is 0 Å². The fraction of sp³-hybridized carbons (Fsp3) is 0.750. The highest BCUT2D eigenvalue weighted by Gasteiger charge is 2.37. The van der Waals surface area contributed by atoms with Crippen LogP contribution in [0.15, 0.2) is 0 Å². The lowest BCUT2D eigenvalue weighted by atomic mass is 10.3. The van der Waals surface area contributed by atoms with E-state index in [1.807, 2.05) is 0 Å². The van der Waals surface area contributed by atoms with Gasteiger partial charge in [-0.3, -0.25) is 4.79 Å².